The van der Waals surface area contributed by atoms with E-state index in [1.807, 2.05) is 13.1 Å². The molecule has 0 spiro atoms. The number of amides is 1. The van der Waals surface area contributed by atoms with E-state index >= 15 is 0 Å². The zero-order valence-electron chi connectivity index (χ0n) is 10.6. The van der Waals surface area contributed by atoms with Crippen LogP contribution in [0.3, 0.4) is 0 Å². The number of phenolic OH excluding ortho intramolecular Hbond substituents is 1. The number of carbonyl (C=O) groups excluding carboxylic acids is 1. The summed E-state index contributed by atoms with van der Waals surface area (Å²) in [6, 6.07) is 5.31. The molecule has 0 aromatic heterocycles. The lowest BCUT2D eigenvalue weighted by Crippen LogP contribution is -2.47. The number of likely N-dealkylation sites (N-methyl/N-ethyl adjacent to an activating group) is 1. The van der Waals surface area contributed by atoms with Crippen molar-refractivity contribution in [3.05, 3.63) is 23.8 Å². The molecule has 98 valence electrons. The number of rotatable bonds is 2. The van der Waals surface area contributed by atoms with E-state index in [2.05, 4.69) is 10.2 Å². The van der Waals surface area contributed by atoms with Gasteiger partial charge in [-0.25, -0.2) is 4.79 Å². The lowest BCUT2D eigenvalue weighted by Gasteiger charge is -2.33. The number of nitrogens with zero attached hydrogens (tertiary/aromatic N) is 1. The maximum absolute atomic E-state index is 11.4. The maximum Gasteiger partial charge on any atom is 0.407 e. The Hall–Kier alpha value is -1.91. The minimum Gasteiger partial charge on any atom is -0.508 e. The molecule has 0 saturated heterocycles. The van der Waals surface area contributed by atoms with E-state index in [-0.39, 0.29) is 17.9 Å². The molecule has 0 fully saturated rings. The fourth-order valence-electron chi connectivity index (χ4n) is 2.30. The van der Waals surface area contributed by atoms with Crippen molar-refractivity contribution in [1.29, 1.82) is 0 Å². The summed E-state index contributed by atoms with van der Waals surface area (Å²) >= 11 is 0. The van der Waals surface area contributed by atoms with Crippen LogP contribution in [-0.4, -0.2) is 37.4 Å². The SMILES string of the molecule is CCOC(=O)NC1Cc2cc(O)ccc2N(C)C1. The predicted octanol–water partition coefficient (Wildman–Crippen LogP) is 1.50. The van der Waals surface area contributed by atoms with E-state index in [1.165, 1.54) is 0 Å². The largest absolute Gasteiger partial charge is 0.508 e. The summed E-state index contributed by atoms with van der Waals surface area (Å²) in [6.07, 6.45) is 0.312. The molecule has 1 aliphatic heterocycles. The lowest BCUT2D eigenvalue weighted by atomic mass is 9.98. The molecule has 18 heavy (non-hydrogen) atoms. The fraction of sp³-hybridized carbons (Fsp3) is 0.462. The number of ether oxygens (including phenoxy) is 1. The van der Waals surface area contributed by atoms with Gasteiger partial charge in [0.2, 0.25) is 0 Å². The van der Waals surface area contributed by atoms with Crippen molar-refractivity contribution < 1.29 is 14.6 Å². The molecule has 0 radical (unpaired) electrons. The van der Waals surface area contributed by atoms with Crippen LogP contribution >= 0.6 is 0 Å². The number of carbonyl (C=O) groups is 1. The molecule has 2 rings (SSSR count). The Bertz CT molecular complexity index is 448. The van der Waals surface area contributed by atoms with Gasteiger partial charge in [-0.05, 0) is 37.1 Å². The van der Waals surface area contributed by atoms with Crippen molar-refractivity contribution in [3.63, 3.8) is 0 Å². The van der Waals surface area contributed by atoms with Gasteiger partial charge in [-0.2, -0.15) is 0 Å². The van der Waals surface area contributed by atoms with Crippen LogP contribution < -0.4 is 10.2 Å². The number of benzene rings is 1. The Morgan fingerprint density at radius 3 is 3.11 bits per heavy atom. The van der Waals surface area contributed by atoms with Gasteiger partial charge in [-0.15, -0.1) is 0 Å². The second-order valence-electron chi connectivity index (χ2n) is 4.46. The Labute approximate surface area is 106 Å². The van der Waals surface area contributed by atoms with Gasteiger partial charge in [0.15, 0.2) is 0 Å². The summed E-state index contributed by atoms with van der Waals surface area (Å²) in [5.41, 5.74) is 2.13. The van der Waals surface area contributed by atoms with Crippen LogP contribution in [0.4, 0.5) is 10.5 Å². The highest BCUT2D eigenvalue weighted by Gasteiger charge is 2.24. The number of hydrogen-bond acceptors (Lipinski definition) is 4. The smallest absolute Gasteiger partial charge is 0.407 e. The highest BCUT2D eigenvalue weighted by molar-refractivity contribution is 5.68. The zero-order chi connectivity index (χ0) is 13.1. The molecule has 0 bridgehead atoms. The minimum atomic E-state index is -0.389. The van der Waals surface area contributed by atoms with Crippen molar-refractivity contribution in [2.24, 2.45) is 0 Å². The van der Waals surface area contributed by atoms with E-state index in [4.69, 9.17) is 4.74 Å². The quantitative estimate of drug-likeness (QED) is 0.835. The first-order valence-corrected chi connectivity index (χ1v) is 6.06. The van der Waals surface area contributed by atoms with Crippen molar-refractivity contribution >= 4 is 11.8 Å². The number of nitrogens with one attached hydrogen (secondary N) is 1. The first kappa shape index (κ1) is 12.5. The molecule has 0 saturated carbocycles. The molecule has 1 aliphatic rings. The predicted molar refractivity (Wildman–Crippen MR) is 69.0 cm³/mol. The minimum absolute atomic E-state index is 0.00310. The summed E-state index contributed by atoms with van der Waals surface area (Å²) in [5, 5.41) is 12.3. The summed E-state index contributed by atoms with van der Waals surface area (Å²) in [6.45, 7) is 2.88. The standard InChI is InChI=1S/C13H18N2O3/c1-3-18-13(17)14-10-6-9-7-11(16)4-5-12(9)15(2)8-10/h4-5,7,10,16H,3,6,8H2,1-2H3,(H,14,17). The van der Waals surface area contributed by atoms with Gasteiger partial charge in [0, 0.05) is 19.3 Å². The van der Waals surface area contributed by atoms with Gasteiger partial charge < -0.3 is 20.1 Å². The Kier molecular flexibility index (Phi) is 3.60. The van der Waals surface area contributed by atoms with Gasteiger partial charge in [0.05, 0.1) is 12.6 Å². The van der Waals surface area contributed by atoms with E-state index < -0.39 is 0 Å². The number of phenols is 1. The molecule has 2 N–H and O–H groups in total. The maximum atomic E-state index is 11.4. The van der Waals surface area contributed by atoms with Crippen LogP contribution in [0.25, 0.3) is 0 Å². The number of anilines is 1. The van der Waals surface area contributed by atoms with E-state index in [0.717, 1.165) is 17.8 Å². The normalized spacial score (nSPS) is 18.1. The molecule has 0 aliphatic carbocycles. The molecule has 1 heterocycles. The topological polar surface area (TPSA) is 61.8 Å². The molecule has 1 amide bonds. The lowest BCUT2D eigenvalue weighted by molar-refractivity contribution is 0.148. The van der Waals surface area contributed by atoms with Crippen LogP contribution in [-0.2, 0) is 11.2 Å². The molecule has 1 aromatic rings. The molecule has 1 unspecified atom stereocenters. The van der Waals surface area contributed by atoms with E-state index in [9.17, 15) is 9.90 Å². The Balaban J connectivity index is 2.09. The van der Waals surface area contributed by atoms with E-state index in [0.29, 0.717) is 13.0 Å². The average molecular weight is 250 g/mol. The third-order valence-electron chi connectivity index (χ3n) is 3.03. The van der Waals surface area contributed by atoms with Gasteiger partial charge in [-0.3, -0.25) is 0 Å². The summed E-state index contributed by atoms with van der Waals surface area (Å²) in [7, 11) is 1.97. The van der Waals surface area contributed by atoms with E-state index in [1.54, 1.807) is 19.1 Å². The summed E-state index contributed by atoms with van der Waals surface area (Å²) < 4.78 is 4.87. The van der Waals surface area contributed by atoms with Gasteiger partial charge in [0.25, 0.3) is 0 Å². The number of hydrogen-bond donors (Lipinski definition) is 2. The third-order valence-corrected chi connectivity index (χ3v) is 3.03. The second-order valence-corrected chi connectivity index (χ2v) is 4.46. The van der Waals surface area contributed by atoms with Crippen molar-refractivity contribution in [1.82, 2.24) is 5.32 Å². The summed E-state index contributed by atoms with van der Waals surface area (Å²) in [4.78, 5) is 13.5. The Morgan fingerprint density at radius 2 is 2.39 bits per heavy atom. The van der Waals surface area contributed by atoms with Crippen LogP contribution in [0, 0.1) is 0 Å². The fourth-order valence-corrected chi connectivity index (χ4v) is 2.30. The van der Waals surface area contributed by atoms with Gasteiger partial charge >= 0.3 is 6.09 Å². The number of alkyl carbamates (subject to hydrolysis) is 1. The highest BCUT2D eigenvalue weighted by atomic mass is 16.5. The first-order valence-electron chi connectivity index (χ1n) is 6.06. The molecule has 1 atom stereocenters. The van der Waals surface area contributed by atoms with Crippen molar-refractivity contribution in [2.45, 2.75) is 19.4 Å². The van der Waals surface area contributed by atoms with Crippen LogP contribution in [0.2, 0.25) is 0 Å². The number of aromatic hydroxyl groups is 1. The second kappa shape index (κ2) is 5.16. The van der Waals surface area contributed by atoms with Crippen LogP contribution in [0.15, 0.2) is 18.2 Å². The van der Waals surface area contributed by atoms with Gasteiger partial charge in [0.1, 0.15) is 5.75 Å². The monoisotopic (exact) mass is 250 g/mol. The summed E-state index contributed by atoms with van der Waals surface area (Å²) in [5.74, 6) is 0.249. The third kappa shape index (κ3) is 2.67. The molecule has 1 aromatic carbocycles. The molecule has 5 nitrogen and oxygen atoms in total. The van der Waals surface area contributed by atoms with Crippen LogP contribution in [0.5, 0.6) is 5.75 Å². The van der Waals surface area contributed by atoms with Crippen molar-refractivity contribution in [2.75, 3.05) is 25.1 Å². The first-order chi connectivity index (χ1) is 8.60. The number of fused-ring (bicyclic) bond motifs is 1. The van der Waals surface area contributed by atoms with Crippen molar-refractivity contribution in [3.8, 4) is 5.75 Å². The van der Waals surface area contributed by atoms with Crippen LogP contribution in [0.1, 0.15) is 12.5 Å². The van der Waals surface area contributed by atoms with Gasteiger partial charge in [-0.1, -0.05) is 0 Å². The Morgan fingerprint density at radius 1 is 1.61 bits per heavy atom. The zero-order valence-corrected chi connectivity index (χ0v) is 10.6. The molecular formula is C13H18N2O3. The molecule has 5 heteroatoms. The average Bonchev–Trinajstić information content (AvgIpc) is 2.28. The molecular weight excluding hydrogens is 232 g/mol. The highest BCUT2D eigenvalue weighted by Crippen LogP contribution is 2.29.